The van der Waals surface area contributed by atoms with E-state index in [0.29, 0.717) is 6.54 Å². The van der Waals surface area contributed by atoms with Crippen molar-refractivity contribution < 1.29 is 4.79 Å². The maximum Gasteiger partial charge on any atom is 0.229 e. The summed E-state index contributed by atoms with van der Waals surface area (Å²) >= 11 is 0. The van der Waals surface area contributed by atoms with Crippen LogP contribution in [0.4, 0.5) is 5.69 Å². The number of amides is 1. The molecule has 0 spiro atoms. The van der Waals surface area contributed by atoms with Crippen molar-refractivity contribution in [2.45, 2.75) is 34.2 Å². The summed E-state index contributed by atoms with van der Waals surface area (Å²) in [6.07, 6.45) is 0. The Morgan fingerprint density at radius 3 is 2.45 bits per heavy atom. The smallest absolute Gasteiger partial charge is 0.229 e. The zero-order chi connectivity index (χ0) is 14.7. The van der Waals surface area contributed by atoms with E-state index in [9.17, 15) is 4.79 Å². The van der Waals surface area contributed by atoms with Crippen LogP contribution in [-0.4, -0.2) is 20.7 Å². The highest BCUT2D eigenvalue weighted by Gasteiger charge is 2.15. The molecule has 0 aliphatic heterocycles. The van der Waals surface area contributed by atoms with Crippen LogP contribution < -0.4 is 5.32 Å². The molecule has 2 aromatic rings. The molecule has 1 N–H and O–H groups in total. The number of carbonyl (C=O) groups is 1. The number of hydrogen-bond donors (Lipinski definition) is 1. The highest BCUT2D eigenvalue weighted by atomic mass is 16.1. The molecule has 0 aliphatic carbocycles. The van der Waals surface area contributed by atoms with Crippen LogP contribution in [0.25, 0.3) is 0 Å². The third-order valence-corrected chi connectivity index (χ3v) is 3.18. The van der Waals surface area contributed by atoms with Crippen LogP contribution in [-0.2, 0) is 11.3 Å². The molecule has 1 amide bonds. The van der Waals surface area contributed by atoms with Gasteiger partial charge in [0.25, 0.3) is 0 Å². The molecule has 0 fully saturated rings. The Morgan fingerprint density at radius 2 is 1.90 bits per heavy atom. The number of hydrogen-bond acceptors (Lipinski definition) is 3. The summed E-state index contributed by atoms with van der Waals surface area (Å²) < 4.78 is 1.77. The van der Waals surface area contributed by atoms with Crippen molar-refractivity contribution in [3.05, 3.63) is 41.5 Å². The van der Waals surface area contributed by atoms with E-state index in [1.165, 1.54) is 5.56 Å². The minimum Gasteiger partial charge on any atom is -0.326 e. The summed E-state index contributed by atoms with van der Waals surface area (Å²) in [4.78, 5) is 16.4. The molecule has 0 saturated carbocycles. The average Bonchev–Trinajstić information content (AvgIpc) is 2.70. The first-order chi connectivity index (χ1) is 9.45. The highest BCUT2D eigenvalue weighted by molar-refractivity contribution is 5.92. The molecule has 106 valence electrons. The van der Waals surface area contributed by atoms with Crippen LogP contribution in [0.1, 0.15) is 24.1 Å². The normalized spacial score (nSPS) is 12.2. The molecule has 1 heterocycles. The predicted molar refractivity (Wildman–Crippen MR) is 78.5 cm³/mol. The molecule has 20 heavy (non-hydrogen) atoms. The number of aromatic nitrogens is 3. The summed E-state index contributed by atoms with van der Waals surface area (Å²) in [6, 6.07) is 7.77. The van der Waals surface area contributed by atoms with Crippen molar-refractivity contribution in [1.82, 2.24) is 14.8 Å². The molecule has 0 radical (unpaired) electrons. The lowest BCUT2D eigenvalue weighted by Crippen LogP contribution is -2.25. The average molecular weight is 272 g/mol. The fraction of sp³-hybridized carbons (Fsp3) is 0.400. The second-order valence-electron chi connectivity index (χ2n) is 5.14. The quantitative estimate of drug-likeness (QED) is 0.930. The van der Waals surface area contributed by atoms with E-state index in [-0.39, 0.29) is 11.8 Å². The van der Waals surface area contributed by atoms with Gasteiger partial charge in [-0.1, -0.05) is 24.6 Å². The Hall–Kier alpha value is -2.17. The topological polar surface area (TPSA) is 59.8 Å². The van der Waals surface area contributed by atoms with Gasteiger partial charge in [0, 0.05) is 5.69 Å². The molecular weight excluding hydrogens is 252 g/mol. The van der Waals surface area contributed by atoms with E-state index in [1.54, 1.807) is 4.68 Å². The Bertz CT molecular complexity index is 601. The molecule has 0 aliphatic rings. The first kappa shape index (κ1) is 14.2. The molecular formula is C15H20N4O. The number of benzene rings is 1. The van der Waals surface area contributed by atoms with Crippen molar-refractivity contribution in [2.75, 3.05) is 5.32 Å². The Balaban J connectivity index is 1.98. The van der Waals surface area contributed by atoms with Gasteiger partial charge in [0.2, 0.25) is 5.91 Å². The molecule has 1 atom stereocenters. The van der Waals surface area contributed by atoms with Gasteiger partial charge in [-0.2, -0.15) is 5.10 Å². The number of anilines is 1. The summed E-state index contributed by atoms with van der Waals surface area (Å²) in [5.74, 6) is 1.38. The zero-order valence-electron chi connectivity index (χ0n) is 12.3. The van der Waals surface area contributed by atoms with E-state index < -0.39 is 0 Å². The maximum absolute atomic E-state index is 12.1. The lowest BCUT2D eigenvalue weighted by Gasteiger charge is -2.13. The molecule has 5 nitrogen and oxygen atoms in total. The number of carbonyl (C=O) groups excluding carboxylic acids is 1. The molecule has 0 bridgehead atoms. The third kappa shape index (κ3) is 3.44. The van der Waals surface area contributed by atoms with E-state index >= 15 is 0 Å². The van der Waals surface area contributed by atoms with Crippen molar-refractivity contribution in [2.24, 2.45) is 5.92 Å². The number of aryl methyl sites for hydroxylation is 3. The van der Waals surface area contributed by atoms with E-state index in [1.807, 2.05) is 52.0 Å². The monoisotopic (exact) mass is 272 g/mol. The number of rotatable bonds is 4. The van der Waals surface area contributed by atoms with E-state index in [0.717, 1.165) is 17.3 Å². The van der Waals surface area contributed by atoms with Crippen molar-refractivity contribution >= 4 is 11.6 Å². The second kappa shape index (κ2) is 5.86. The summed E-state index contributed by atoms with van der Waals surface area (Å²) in [5, 5.41) is 7.19. The first-order valence-electron chi connectivity index (χ1n) is 6.71. The van der Waals surface area contributed by atoms with Crippen LogP contribution in [0.2, 0.25) is 0 Å². The van der Waals surface area contributed by atoms with Gasteiger partial charge in [-0.25, -0.2) is 9.67 Å². The van der Waals surface area contributed by atoms with Gasteiger partial charge in [-0.15, -0.1) is 0 Å². The fourth-order valence-corrected chi connectivity index (χ4v) is 1.98. The van der Waals surface area contributed by atoms with Gasteiger partial charge in [0.15, 0.2) is 0 Å². The molecule has 5 heteroatoms. The molecule has 0 unspecified atom stereocenters. The molecule has 1 aromatic carbocycles. The van der Waals surface area contributed by atoms with Gasteiger partial charge in [0.1, 0.15) is 11.6 Å². The van der Waals surface area contributed by atoms with Crippen LogP contribution >= 0.6 is 0 Å². The molecule has 0 saturated heterocycles. The zero-order valence-corrected chi connectivity index (χ0v) is 12.3. The van der Waals surface area contributed by atoms with Crippen molar-refractivity contribution in [1.29, 1.82) is 0 Å². The first-order valence-corrected chi connectivity index (χ1v) is 6.71. The largest absolute Gasteiger partial charge is 0.326 e. The van der Waals surface area contributed by atoms with E-state index in [4.69, 9.17) is 0 Å². The van der Waals surface area contributed by atoms with Crippen LogP contribution in [0.15, 0.2) is 24.3 Å². The summed E-state index contributed by atoms with van der Waals surface area (Å²) in [6.45, 7) is 8.18. The number of nitrogens with zero attached hydrogens (tertiary/aromatic N) is 3. The van der Waals surface area contributed by atoms with Crippen LogP contribution in [0.3, 0.4) is 0 Å². The van der Waals surface area contributed by atoms with Crippen molar-refractivity contribution in [3.63, 3.8) is 0 Å². The van der Waals surface area contributed by atoms with E-state index in [2.05, 4.69) is 15.4 Å². The minimum absolute atomic E-state index is 0.0126. The summed E-state index contributed by atoms with van der Waals surface area (Å²) in [5.41, 5.74) is 1.99. The second-order valence-corrected chi connectivity index (χ2v) is 5.14. The molecule has 1 aromatic heterocycles. The van der Waals surface area contributed by atoms with Crippen LogP contribution in [0.5, 0.6) is 0 Å². The van der Waals surface area contributed by atoms with Gasteiger partial charge in [-0.05, 0) is 32.9 Å². The summed E-state index contributed by atoms with van der Waals surface area (Å²) in [7, 11) is 0. The van der Waals surface area contributed by atoms with Crippen LogP contribution in [0, 0.1) is 26.7 Å². The Morgan fingerprint density at radius 1 is 1.25 bits per heavy atom. The maximum atomic E-state index is 12.1. The van der Waals surface area contributed by atoms with Crippen molar-refractivity contribution in [3.8, 4) is 0 Å². The number of nitrogens with one attached hydrogen (secondary N) is 1. The van der Waals surface area contributed by atoms with Gasteiger partial charge >= 0.3 is 0 Å². The highest BCUT2D eigenvalue weighted by Crippen LogP contribution is 2.11. The third-order valence-electron chi connectivity index (χ3n) is 3.18. The lowest BCUT2D eigenvalue weighted by molar-refractivity contribution is -0.119. The Kier molecular flexibility index (Phi) is 4.17. The predicted octanol–water partition coefficient (Wildman–Crippen LogP) is 2.48. The van der Waals surface area contributed by atoms with Gasteiger partial charge < -0.3 is 5.32 Å². The van der Waals surface area contributed by atoms with Gasteiger partial charge in [-0.3, -0.25) is 4.79 Å². The lowest BCUT2D eigenvalue weighted by atomic mass is 10.1. The molecule has 2 rings (SSSR count). The fourth-order valence-electron chi connectivity index (χ4n) is 1.98. The SMILES string of the molecule is Cc1ccc(NC(=O)[C@H](C)Cn2nc(C)nc2C)cc1. The standard InChI is InChI=1S/C15H20N4O/c1-10-5-7-14(8-6-10)17-15(20)11(2)9-19-13(4)16-12(3)18-19/h5-8,11H,9H2,1-4H3,(H,17,20)/t11-/m1/s1. The Labute approximate surface area is 119 Å². The minimum atomic E-state index is -0.170. The van der Waals surface area contributed by atoms with Gasteiger partial charge in [0.05, 0.1) is 12.5 Å².